The van der Waals surface area contributed by atoms with E-state index in [1.54, 1.807) is 30.3 Å². The molecule has 0 aliphatic carbocycles. The van der Waals surface area contributed by atoms with E-state index >= 15 is 0 Å². The summed E-state index contributed by atoms with van der Waals surface area (Å²) >= 11 is 6.13. The highest BCUT2D eigenvalue weighted by Crippen LogP contribution is 2.23. The second-order valence-corrected chi connectivity index (χ2v) is 8.30. The third-order valence-corrected chi connectivity index (χ3v) is 5.84. The van der Waals surface area contributed by atoms with Crippen molar-refractivity contribution in [2.24, 2.45) is 0 Å². The number of hydrogen-bond acceptors (Lipinski definition) is 7. The number of hydrogen-bond donors (Lipinski definition) is 2. The Hall–Kier alpha value is -3.69. The van der Waals surface area contributed by atoms with E-state index in [1.165, 1.54) is 19.5 Å². The number of methoxy groups -OCH3 is 1. The molecule has 176 valence electrons. The number of carbonyl (C=O) groups is 2. The van der Waals surface area contributed by atoms with Gasteiger partial charge < -0.3 is 25.2 Å². The molecule has 1 aliphatic rings. The van der Waals surface area contributed by atoms with Gasteiger partial charge in [-0.25, -0.2) is 9.97 Å². The van der Waals surface area contributed by atoms with Crippen LogP contribution in [-0.2, 0) is 0 Å². The Morgan fingerprint density at radius 2 is 1.65 bits per heavy atom. The maximum atomic E-state index is 12.7. The maximum absolute atomic E-state index is 12.7. The zero-order chi connectivity index (χ0) is 24.1. The molecular formula is C24H25ClN6O3. The van der Waals surface area contributed by atoms with E-state index in [9.17, 15) is 9.59 Å². The first-order valence-electron chi connectivity index (χ1n) is 10.7. The highest BCUT2D eigenvalue weighted by molar-refractivity contribution is 6.34. The summed E-state index contributed by atoms with van der Waals surface area (Å²) in [7, 11) is 3.57. The third-order valence-electron chi connectivity index (χ3n) is 5.51. The van der Waals surface area contributed by atoms with Gasteiger partial charge in [0.2, 0.25) is 5.95 Å². The zero-order valence-electron chi connectivity index (χ0n) is 18.9. The molecule has 2 heterocycles. The van der Waals surface area contributed by atoms with Crippen LogP contribution < -0.4 is 15.4 Å². The van der Waals surface area contributed by atoms with Gasteiger partial charge >= 0.3 is 0 Å². The van der Waals surface area contributed by atoms with Gasteiger partial charge in [-0.05, 0) is 49.5 Å². The number of halogens is 1. The molecule has 4 rings (SSSR count). The van der Waals surface area contributed by atoms with Crippen LogP contribution in [0.3, 0.4) is 0 Å². The van der Waals surface area contributed by atoms with Crippen LogP contribution in [0, 0.1) is 0 Å². The van der Waals surface area contributed by atoms with Crippen molar-refractivity contribution >= 4 is 40.7 Å². The molecule has 2 N–H and O–H groups in total. The highest BCUT2D eigenvalue weighted by atomic mass is 35.5. The summed E-state index contributed by atoms with van der Waals surface area (Å²) in [6.07, 6.45) is 2.99. The first-order chi connectivity index (χ1) is 16.4. The van der Waals surface area contributed by atoms with E-state index in [0.29, 0.717) is 28.0 Å². The number of amides is 2. The average molecular weight is 481 g/mol. The topological polar surface area (TPSA) is 99.7 Å². The molecular weight excluding hydrogens is 456 g/mol. The van der Waals surface area contributed by atoms with Crippen molar-refractivity contribution < 1.29 is 14.3 Å². The number of anilines is 3. The summed E-state index contributed by atoms with van der Waals surface area (Å²) in [5.41, 5.74) is 2.09. The molecule has 1 saturated heterocycles. The molecule has 1 aromatic heterocycles. The van der Waals surface area contributed by atoms with Crippen molar-refractivity contribution in [3.8, 4) is 5.75 Å². The lowest BCUT2D eigenvalue weighted by molar-refractivity contribution is 0.0664. The SMILES string of the molecule is COc1ccc(Cl)c(C(=O)Nc2cnc(Nc3ccc(C(=O)N4CCN(C)CC4)cc3)nc2)c1. The minimum atomic E-state index is -0.395. The van der Waals surface area contributed by atoms with Crippen LogP contribution >= 0.6 is 11.6 Å². The second kappa shape index (κ2) is 10.5. The van der Waals surface area contributed by atoms with E-state index in [0.717, 1.165) is 31.9 Å². The Bertz CT molecular complexity index is 1160. The average Bonchev–Trinajstić information content (AvgIpc) is 2.86. The number of rotatable bonds is 6. The number of carbonyl (C=O) groups excluding carboxylic acids is 2. The van der Waals surface area contributed by atoms with Gasteiger partial charge in [0, 0.05) is 37.4 Å². The van der Waals surface area contributed by atoms with E-state index in [4.69, 9.17) is 16.3 Å². The van der Waals surface area contributed by atoms with E-state index in [-0.39, 0.29) is 11.5 Å². The molecule has 9 nitrogen and oxygen atoms in total. The monoisotopic (exact) mass is 480 g/mol. The molecule has 10 heteroatoms. The van der Waals surface area contributed by atoms with Crippen molar-refractivity contribution in [3.05, 3.63) is 71.0 Å². The lowest BCUT2D eigenvalue weighted by Crippen LogP contribution is -2.47. The van der Waals surface area contributed by atoms with Crippen molar-refractivity contribution in [3.63, 3.8) is 0 Å². The third kappa shape index (κ3) is 5.62. The quantitative estimate of drug-likeness (QED) is 0.556. The molecule has 0 radical (unpaired) electrons. The van der Waals surface area contributed by atoms with Gasteiger partial charge in [0.1, 0.15) is 5.75 Å². The van der Waals surface area contributed by atoms with E-state index in [1.807, 2.05) is 17.0 Å². The molecule has 0 bridgehead atoms. The normalized spacial score (nSPS) is 13.9. The van der Waals surface area contributed by atoms with E-state index in [2.05, 4.69) is 32.5 Å². The summed E-state index contributed by atoms with van der Waals surface area (Å²) in [5, 5.41) is 6.12. The van der Waals surface area contributed by atoms with Crippen LogP contribution in [0.15, 0.2) is 54.9 Å². The Balaban J connectivity index is 1.35. The van der Waals surface area contributed by atoms with Crippen LogP contribution in [0.5, 0.6) is 5.75 Å². The zero-order valence-corrected chi connectivity index (χ0v) is 19.7. The lowest BCUT2D eigenvalue weighted by atomic mass is 10.1. The largest absolute Gasteiger partial charge is 0.497 e. The minimum absolute atomic E-state index is 0.0344. The van der Waals surface area contributed by atoms with Crippen molar-refractivity contribution in [1.29, 1.82) is 0 Å². The predicted molar refractivity (Wildman–Crippen MR) is 131 cm³/mol. The Labute approximate surface area is 202 Å². The van der Waals surface area contributed by atoms with Crippen LogP contribution in [0.2, 0.25) is 5.02 Å². The fraction of sp³-hybridized carbons (Fsp3) is 0.250. The standard InChI is InChI=1S/C24H25ClN6O3/c1-30-9-11-31(12-10-30)23(33)16-3-5-17(6-4-16)29-24-26-14-18(15-27-24)28-22(32)20-13-19(34-2)7-8-21(20)25/h3-8,13-15H,9-12H2,1-2H3,(H,28,32)(H,26,27,29). The van der Waals surface area contributed by atoms with Gasteiger partial charge in [-0.3, -0.25) is 9.59 Å². The van der Waals surface area contributed by atoms with Gasteiger partial charge in [0.05, 0.1) is 35.8 Å². The molecule has 34 heavy (non-hydrogen) atoms. The maximum Gasteiger partial charge on any atom is 0.257 e. The Morgan fingerprint density at radius 3 is 2.29 bits per heavy atom. The number of aromatic nitrogens is 2. The molecule has 0 unspecified atom stereocenters. The number of likely N-dealkylation sites (N-methyl/N-ethyl adjacent to an activating group) is 1. The summed E-state index contributed by atoms with van der Waals surface area (Å²) in [6.45, 7) is 3.23. The second-order valence-electron chi connectivity index (χ2n) is 7.89. The van der Waals surface area contributed by atoms with Crippen LogP contribution in [0.1, 0.15) is 20.7 Å². The summed E-state index contributed by atoms with van der Waals surface area (Å²) in [4.78, 5) is 37.8. The number of nitrogens with one attached hydrogen (secondary N) is 2. The van der Waals surface area contributed by atoms with Crippen LogP contribution in [0.25, 0.3) is 0 Å². The van der Waals surface area contributed by atoms with Gasteiger partial charge in [-0.15, -0.1) is 0 Å². The molecule has 0 atom stereocenters. The predicted octanol–water partition coefficient (Wildman–Crippen LogP) is 3.52. The Morgan fingerprint density at radius 1 is 0.971 bits per heavy atom. The van der Waals surface area contributed by atoms with Crippen molar-refractivity contribution in [2.45, 2.75) is 0 Å². The van der Waals surface area contributed by atoms with Gasteiger partial charge in [-0.2, -0.15) is 0 Å². The first kappa shape index (κ1) is 23.5. The Kier molecular flexibility index (Phi) is 7.24. The van der Waals surface area contributed by atoms with Crippen LogP contribution in [-0.4, -0.2) is 71.9 Å². The highest BCUT2D eigenvalue weighted by Gasteiger charge is 2.20. The molecule has 0 saturated carbocycles. The molecule has 3 aromatic rings. The smallest absolute Gasteiger partial charge is 0.257 e. The fourth-order valence-electron chi connectivity index (χ4n) is 3.48. The summed E-state index contributed by atoms with van der Waals surface area (Å²) in [6, 6.07) is 12.0. The number of benzene rings is 2. The van der Waals surface area contributed by atoms with Gasteiger partial charge in [0.25, 0.3) is 11.8 Å². The number of piperazine rings is 1. The lowest BCUT2D eigenvalue weighted by Gasteiger charge is -2.32. The van der Waals surface area contributed by atoms with Crippen LogP contribution in [0.4, 0.5) is 17.3 Å². The first-order valence-corrected chi connectivity index (χ1v) is 11.1. The van der Waals surface area contributed by atoms with E-state index < -0.39 is 5.91 Å². The summed E-state index contributed by atoms with van der Waals surface area (Å²) < 4.78 is 5.14. The van der Waals surface area contributed by atoms with Gasteiger partial charge in [-0.1, -0.05) is 11.6 Å². The fourth-order valence-corrected chi connectivity index (χ4v) is 3.68. The number of nitrogens with zero attached hydrogens (tertiary/aromatic N) is 4. The molecule has 1 aliphatic heterocycles. The van der Waals surface area contributed by atoms with Gasteiger partial charge in [0.15, 0.2) is 0 Å². The minimum Gasteiger partial charge on any atom is -0.497 e. The summed E-state index contributed by atoms with van der Waals surface area (Å²) in [5.74, 6) is 0.526. The molecule has 2 aromatic carbocycles. The molecule has 0 spiro atoms. The van der Waals surface area contributed by atoms with Crippen molar-refractivity contribution in [2.75, 3.05) is 51.0 Å². The molecule has 2 amide bonds. The molecule has 1 fully saturated rings. The number of ether oxygens (including phenoxy) is 1. The van der Waals surface area contributed by atoms with Crippen molar-refractivity contribution in [1.82, 2.24) is 19.8 Å².